The standard InChI is InChI=1S/C23H30N4O3S/c1-19-4-10-22(11-5-19)31(29,30)27-16-14-26(15-17-27)23(28)24-18-20-6-8-21(9-7-20)25-12-2-3-13-25/h4-11H,2-3,12-18H2,1H3,(H,24,28). The first kappa shape index (κ1) is 21.6. The van der Waals surface area contributed by atoms with Gasteiger partial charge in [0, 0.05) is 51.5 Å². The zero-order chi connectivity index (χ0) is 21.8. The smallest absolute Gasteiger partial charge is 0.317 e. The van der Waals surface area contributed by atoms with Crippen molar-refractivity contribution in [3.8, 4) is 0 Å². The SMILES string of the molecule is Cc1ccc(S(=O)(=O)N2CCN(C(=O)NCc3ccc(N4CCCC4)cc3)CC2)cc1. The van der Waals surface area contributed by atoms with Crippen LogP contribution in [0, 0.1) is 6.92 Å². The average Bonchev–Trinajstić information content (AvgIpc) is 3.33. The maximum Gasteiger partial charge on any atom is 0.317 e. The van der Waals surface area contributed by atoms with E-state index >= 15 is 0 Å². The minimum atomic E-state index is -3.52. The van der Waals surface area contributed by atoms with Crippen molar-refractivity contribution in [2.45, 2.75) is 31.2 Å². The lowest BCUT2D eigenvalue weighted by atomic mass is 10.2. The number of carbonyl (C=O) groups is 1. The molecule has 0 aliphatic carbocycles. The molecule has 0 bridgehead atoms. The zero-order valence-electron chi connectivity index (χ0n) is 18.0. The summed E-state index contributed by atoms with van der Waals surface area (Å²) >= 11 is 0. The lowest BCUT2D eigenvalue weighted by Crippen LogP contribution is -2.52. The van der Waals surface area contributed by atoms with Gasteiger partial charge in [0.1, 0.15) is 0 Å². The van der Waals surface area contributed by atoms with E-state index in [9.17, 15) is 13.2 Å². The minimum absolute atomic E-state index is 0.156. The van der Waals surface area contributed by atoms with E-state index in [1.54, 1.807) is 29.2 Å². The highest BCUT2D eigenvalue weighted by atomic mass is 32.2. The summed E-state index contributed by atoms with van der Waals surface area (Å²) in [4.78, 5) is 16.9. The van der Waals surface area contributed by atoms with Gasteiger partial charge in [-0.15, -0.1) is 0 Å². The van der Waals surface area contributed by atoms with Gasteiger partial charge in [-0.25, -0.2) is 13.2 Å². The lowest BCUT2D eigenvalue weighted by molar-refractivity contribution is 0.172. The van der Waals surface area contributed by atoms with E-state index in [0.29, 0.717) is 37.6 Å². The predicted octanol–water partition coefficient (Wildman–Crippen LogP) is 2.81. The first-order chi connectivity index (χ1) is 14.9. The largest absolute Gasteiger partial charge is 0.372 e. The number of piperazine rings is 1. The monoisotopic (exact) mass is 442 g/mol. The molecule has 0 radical (unpaired) electrons. The highest BCUT2D eigenvalue weighted by Crippen LogP contribution is 2.21. The van der Waals surface area contributed by atoms with Crippen LogP contribution in [0.4, 0.5) is 10.5 Å². The van der Waals surface area contributed by atoms with E-state index in [4.69, 9.17) is 0 Å². The van der Waals surface area contributed by atoms with Crippen LogP contribution in [0.3, 0.4) is 0 Å². The number of carbonyl (C=O) groups excluding carboxylic acids is 1. The van der Waals surface area contributed by atoms with Gasteiger partial charge in [0.25, 0.3) is 0 Å². The zero-order valence-corrected chi connectivity index (χ0v) is 18.8. The number of anilines is 1. The molecule has 2 heterocycles. The predicted molar refractivity (Wildman–Crippen MR) is 122 cm³/mol. The topological polar surface area (TPSA) is 73.0 Å². The van der Waals surface area contributed by atoms with Gasteiger partial charge >= 0.3 is 6.03 Å². The fourth-order valence-electron chi connectivity index (χ4n) is 4.08. The summed E-state index contributed by atoms with van der Waals surface area (Å²) in [5.41, 5.74) is 3.31. The number of amides is 2. The Bertz CT molecular complexity index is 992. The molecule has 2 aliphatic rings. The van der Waals surface area contributed by atoms with Gasteiger partial charge in [-0.1, -0.05) is 29.8 Å². The van der Waals surface area contributed by atoms with E-state index in [0.717, 1.165) is 24.2 Å². The molecule has 2 aromatic rings. The van der Waals surface area contributed by atoms with Gasteiger partial charge < -0.3 is 15.1 Å². The van der Waals surface area contributed by atoms with E-state index < -0.39 is 10.0 Å². The Morgan fingerprint density at radius 1 is 0.871 bits per heavy atom. The molecule has 2 aromatic carbocycles. The Hall–Kier alpha value is -2.58. The summed E-state index contributed by atoms with van der Waals surface area (Å²) in [6, 6.07) is 15.1. The maximum absolute atomic E-state index is 12.8. The fraction of sp³-hybridized carbons (Fsp3) is 0.435. The Morgan fingerprint density at radius 3 is 2.10 bits per heavy atom. The second kappa shape index (κ2) is 9.28. The van der Waals surface area contributed by atoms with Crippen LogP contribution in [0.1, 0.15) is 24.0 Å². The molecule has 31 heavy (non-hydrogen) atoms. The Balaban J connectivity index is 1.27. The summed E-state index contributed by atoms with van der Waals surface area (Å²) in [7, 11) is -3.52. The second-order valence-electron chi connectivity index (χ2n) is 8.22. The molecular weight excluding hydrogens is 412 g/mol. The van der Waals surface area contributed by atoms with Gasteiger partial charge in [-0.3, -0.25) is 0 Å². The van der Waals surface area contributed by atoms with Crippen LogP contribution >= 0.6 is 0 Å². The molecule has 0 aromatic heterocycles. The second-order valence-corrected chi connectivity index (χ2v) is 10.2. The van der Waals surface area contributed by atoms with Crippen molar-refractivity contribution < 1.29 is 13.2 Å². The fourth-order valence-corrected chi connectivity index (χ4v) is 5.50. The minimum Gasteiger partial charge on any atom is -0.372 e. The molecule has 8 heteroatoms. The third-order valence-electron chi connectivity index (χ3n) is 6.04. The van der Waals surface area contributed by atoms with Gasteiger partial charge in [0.2, 0.25) is 10.0 Å². The van der Waals surface area contributed by atoms with Gasteiger partial charge in [0.05, 0.1) is 4.90 Å². The number of urea groups is 1. The summed E-state index contributed by atoms with van der Waals surface area (Å²) in [6.45, 7) is 5.97. The number of nitrogens with one attached hydrogen (secondary N) is 1. The van der Waals surface area contributed by atoms with Crippen molar-refractivity contribution in [1.82, 2.24) is 14.5 Å². The molecule has 0 spiro atoms. The van der Waals surface area contributed by atoms with Crippen LogP contribution < -0.4 is 10.2 Å². The molecule has 2 aliphatic heterocycles. The molecule has 4 rings (SSSR count). The van der Waals surface area contributed by atoms with Crippen LogP contribution in [0.15, 0.2) is 53.4 Å². The van der Waals surface area contributed by atoms with Gasteiger partial charge in [-0.05, 0) is 49.6 Å². The molecule has 2 saturated heterocycles. The lowest BCUT2D eigenvalue weighted by Gasteiger charge is -2.34. The number of benzene rings is 2. The summed E-state index contributed by atoms with van der Waals surface area (Å²) in [5.74, 6) is 0. The van der Waals surface area contributed by atoms with E-state index in [1.807, 2.05) is 6.92 Å². The molecule has 0 atom stereocenters. The number of hydrogen-bond donors (Lipinski definition) is 1. The highest BCUT2D eigenvalue weighted by Gasteiger charge is 2.30. The van der Waals surface area contributed by atoms with Crippen molar-refractivity contribution in [3.63, 3.8) is 0 Å². The normalized spacial score (nSPS) is 17.7. The van der Waals surface area contributed by atoms with E-state index in [-0.39, 0.29) is 6.03 Å². The molecular formula is C23H30N4O3S. The summed E-state index contributed by atoms with van der Waals surface area (Å²) in [5, 5.41) is 2.95. The molecule has 1 N–H and O–H groups in total. The number of rotatable bonds is 5. The maximum atomic E-state index is 12.8. The molecule has 0 unspecified atom stereocenters. The van der Waals surface area contributed by atoms with Crippen molar-refractivity contribution in [2.75, 3.05) is 44.2 Å². The van der Waals surface area contributed by atoms with E-state index in [1.165, 1.54) is 22.8 Å². The van der Waals surface area contributed by atoms with Gasteiger partial charge in [-0.2, -0.15) is 4.31 Å². The van der Waals surface area contributed by atoms with Crippen LogP contribution in [-0.4, -0.2) is 62.9 Å². The average molecular weight is 443 g/mol. The Morgan fingerprint density at radius 2 is 1.48 bits per heavy atom. The van der Waals surface area contributed by atoms with E-state index in [2.05, 4.69) is 34.5 Å². The first-order valence-electron chi connectivity index (χ1n) is 10.9. The summed E-state index contributed by atoms with van der Waals surface area (Å²) < 4.78 is 27.1. The van der Waals surface area contributed by atoms with Crippen LogP contribution in [-0.2, 0) is 16.6 Å². The quantitative estimate of drug-likeness (QED) is 0.773. The summed E-state index contributed by atoms with van der Waals surface area (Å²) in [6.07, 6.45) is 2.49. The third kappa shape index (κ3) is 5.02. The number of aryl methyl sites for hydroxylation is 1. The number of sulfonamides is 1. The number of hydrogen-bond acceptors (Lipinski definition) is 4. The van der Waals surface area contributed by atoms with Crippen LogP contribution in [0.5, 0.6) is 0 Å². The van der Waals surface area contributed by atoms with Crippen molar-refractivity contribution in [3.05, 3.63) is 59.7 Å². The van der Waals surface area contributed by atoms with Crippen molar-refractivity contribution in [1.29, 1.82) is 0 Å². The van der Waals surface area contributed by atoms with Crippen LogP contribution in [0.25, 0.3) is 0 Å². The van der Waals surface area contributed by atoms with Crippen molar-refractivity contribution >= 4 is 21.7 Å². The molecule has 0 saturated carbocycles. The number of nitrogens with zero attached hydrogens (tertiary/aromatic N) is 3. The molecule has 166 valence electrons. The molecule has 2 fully saturated rings. The van der Waals surface area contributed by atoms with Crippen LogP contribution in [0.2, 0.25) is 0 Å². The molecule has 7 nitrogen and oxygen atoms in total. The Labute approximate surface area is 184 Å². The highest BCUT2D eigenvalue weighted by molar-refractivity contribution is 7.89. The van der Waals surface area contributed by atoms with Gasteiger partial charge in [0.15, 0.2) is 0 Å². The Kier molecular flexibility index (Phi) is 6.48. The third-order valence-corrected chi connectivity index (χ3v) is 7.95. The molecule has 2 amide bonds. The van der Waals surface area contributed by atoms with Crippen molar-refractivity contribution in [2.24, 2.45) is 0 Å². The first-order valence-corrected chi connectivity index (χ1v) is 12.3.